The molecule has 1 atom stereocenters. The Kier molecular flexibility index (Phi) is 4.37. The first-order chi connectivity index (χ1) is 9.01. The molecule has 0 radical (unpaired) electrons. The van der Waals surface area contributed by atoms with E-state index >= 15 is 0 Å². The summed E-state index contributed by atoms with van der Waals surface area (Å²) in [5.74, 6) is -0.224. The van der Waals surface area contributed by atoms with Crippen molar-refractivity contribution in [3.8, 4) is 0 Å². The molecular formula is C14H17BrFN3. The van der Waals surface area contributed by atoms with E-state index in [2.05, 4.69) is 21.0 Å². The number of rotatable bonds is 4. The highest BCUT2D eigenvalue weighted by molar-refractivity contribution is 9.10. The number of nitrogens with two attached hydrogens (primary N) is 1. The van der Waals surface area contributed by atoms with Crippen molar-refractivity contribution in [1.82, 2.24) is 9.78 Å². The van der Waals surface area contributed by atoms with Crippen LogP contribution in [0.15, 0.2) is 28.7 Å². The molecule has 5 heteroatoms. The second-order valence-corrected chi connectivity index (χ2v) is 5.49. The lowest BCUT2D eigenvalue weighted by atomic mass is 10.0. The van der Waals surface area contributed by atoms with Gasteiger partial charge in [0.25, 0.3) is 0 Å². The van der Waals surface area contributed by atoms with Gasteiger partial charge in [-0.1, -0.05) is 15.9 Å². The molecule has 1 unspecified atom stereocenters. The fraction of sp³-hybridized carbons (Fsp3) is 0.357. The minimum absolute atomic E-state index is 0.224. The molecule has 1 heterocycles. The van der Waals surface area contributed by atoms with E-state index < -0.39 is 0 Å². The van der Waals surface area contributed by atoms with Crippen LogP contribution in [0.5, 0.6) is 0 Å². The number of aromatic nitrogens is 2. The molecule has 2 aromatic rings. The summed E-state index contributed by atoms with van der Waals surface area (Å²) < 4.78 is 16.5. The van der Waals surface area contributed by atoms with E-state index in [0.29, 0.717) is 12.0 Å². The summed E-state index contributed by atoms with van der Waals surface area (Å²) in [5.41, 5.74) is 8.68. The van der Waals surface area contributed by atoms with Crippen molar-refractivity contribution in [3.05, 3.63) is 51.5 Å². The van der Waals surface area contributed by atoms with Crippen LogP contribution in [0.1, 0.15) is 29.9 Å². The van der Waals surface area contributed by atoms with E-state index in [9.17, 15) is 4.39 Å². The Hall–Kier alpha value is -1.20. The van der Waals surface area contributed by atoms with Gasteiger partial charge in [0.05, 0.1) is 17.4 Å². The van der Waals surface area contributed by atoms with Gasteiger partial charge in [0, 0.05) is 11.0 Å². The van der Waals surface area contributed by atoms with Gasteiger partial charge >= 0.3 is 0 Å². The maximum absolute atomic E-state index is 13.7. The minimum Gasteiger partial charge on any atom is -0.322 e. The molecule has 1 aromatic carbocycles. The lowest BCUT2D eigenvalue weighted by Crippen LogP contribution is -2.18. The monoisotopic (exact) mass is 325 g/mol. The molecule has 1 aromatic heterocycles. The van der Waals surface area contributed by atoms with Crippen LogP contribution in [0.4, 0.5) is 4.39 Å². The largest absolute Gasteiger partial charge is 0.322 e. The topological polar surface area (TPSA) is 43.8 Å². The van der Waals surface area contributed by atoms with Crippen molar-refractivity contribution in [1.29, 1.82) is 0 Å². The zero-order valence-corrected chi connectivity index (χ0v) is 12.6. The summed E-state index contributed by atoms with van der Waals surface area (Å²) in [7, 11) is 0. The predicted molar refractivity (Wildman–Crippen MR) is 77.4 cm³/mol. The van der Waals surface area contributed by atoms with E-state index in [1.807, 2.05) is 24.6 Å². The van der Waals surface area contributed by atoms with E-state index in [0.717, 1.165) is 22.4 Å². The average Bonchev–Trinajstić information content (AvgIpc) is 2.75. The Morgan fingerprint density at radius 3 is 2.84 bits per heavy atom. The molecule has 2 rings (SSSR count). The zero-order valence-electron chi connectivity index (χ0n) is 11.0. The number of nitrogens with zero attached hydrogens (tertiary/aromatic N) is 2. The fourth-order valence-corrected chi connectivity index (χ4v) is 2.57. The molecule has 0 aliphatic heterocycles. The molecular weight excluding hydrogens is 309 g/mol. The van der Waals surface area contributed by atoms with Gasteiger partial charge in [-0.15, -0.1) is 0 Å². The van der Waals surface area contributed by atoms with Gasteiger partial charge in [0.15, 0.2) is 0 Å². The lowest BCUT2D eigenvalue weighted by molar-refractivity contribution is 0.549. The van der Waals surface area contributed by atoms with Gasteiger partial charge in [0.1, 0.15) is 5.82 Å². The van der Waals surface area contributed by atoms with Crippen molar-refractivity contribution in [2.24, 2.45) is 5.73 Å². The first-order valence-corrected chi connectivity index (χ1v) is 7.04. The van der Waals surface area contributed by atoms with Crippen molar-refractivity contribution in [2.75, 3.05) is 0 Å². The number of hydrogen-bond donors (Lipinski definition) is 1. The predicted octanol–water partition coefficient (Wildman–Crippen LogP) is 3.36. The second kappa shape index (κ2) is 5.84. The molecule has 0 saturated heterocycles. The Morgan fingerprint density at radius 1 is 1.42 bits per heavy atom. The van der Waals surface area contributed by atoms with Gasteiger partial charge in [-0.3, -0.25) is 4.68 Å². The zero-order chi connectivity index (χ0) is 14.0. The van der Waals surface area contributed by atoms with Crippen LogP contribution in [0.3, 0.4) is 0 Å². The highest BCUT2D eigenvalue weighted by atomic mass is 79.9. The summed E-state index contributed by atoms with van der Waals surface area (Å²) in [6, 6.07) is 6.61. The van der Waals surface area contributed by atoms with Crippen LogP contribution in [-0.2, 0) is 13.0 Å². The van der Waals surface area contributed by atoms with E-state index in [1.54, 1.807) is 12.1 Å². The van der Waals surface area contributed by atoms with Crippen molar-refractivity contribution < 1.29 is 4.39 Å². The first kappa shape index (κ1) is 14.2. The van der Waals surface area contributed by atoms with Gasteiger partial charge in [-0.2, -0.15) is 5.10 Å². The Balaban J connectivity index is 2.25. The maximum atomic E-state index is 13.7. The highest BCUT2D eigenvalue weighted by Gasteiger charge is 2.15. The quantitative estimate of drug-likeness (QED) is 0.936. The molecule has 19 heavy (non-hydrogen) atoms. The minimum atomic E-state index is -0.259. The van der Waals surface area contributed by atoms with Crippen LogP contribution in [0, 0.1) is 12.7 Å². The number of aryl methyl sites for hydroxylation is 2. The Labute approximate surface area is 120 Å². The van der Waals surface area contributed by atoms with E-state index in [4.69, 9.17) is 5.73 Å². The molecule has 3 nitrogen and oxygen atoms in total. The van der Waals surface area contributed by atoms with Crippen LogP contribution in [-0.4, -0.2) is 9.78 Å². The Bertz CT molecular complexity index is 580. The van der Waals surface area contributed by atoms with Gasteiger partial charge in [0.2, 0.25) is 0 Å². The number of hydrogen-bond acceptors (Lipinski definition) is 2. The molecule has 0 spiro atoms. The third-order valence-electron chi connectivity index (χ3n) is 3.06. The van der Waals surface area contributed by atoms with Gasteiger partial charge in [-0.05, 0) is 50.1 Å². The number of halogens is 2. The maximum Gasteiger partial charge on any atom is 0.126 e. The van der Waals surface area contributed by atoms with Crippen LogP contribution in [0.25, 0.3) is 0 Å². The molecule has 0 aliphatic carbocycles. The third-order valence-corrected chi connectivity index (χ3v) is 3.55. The summed E-state index contributed by atoms with van der Waals surface area (Å²) in [6.07, 6.45) is 0.455. The van der Waals surface area contributed by atoms with Gasteiger partial charge in [-0.25, -0.2) is 4.39 Å². The Morgan fingerprint density at radius 2 is 2.16 bits per heavy atom. The molecule has 0 aliphatic rings. The van der Waals surface area contributed by atoms with E-state index in [-0.39, 0.29) is 11.9 Å². The summed E-state index contributed by atoms with van der Waals surface area (Å²) in [6.45, 7) is 4.71. The fourth-order valence-electron chi connectivity index (χ4n) is 2.16. The van der Waals surface area contributed by atoms with Crippen LogP contribution in [0.2, 0.25) is 0 Å². The van der Waals surface area contributed by atoms with Crippen LogP contribution < -0.4 is 5.73 Å². The summed E-state index contributed by atoms with van der Waals surface area (Å²) >= 11 is 3.35. The molecule has 0 saturated carbocycles. The average molecular weight is 326 g/mol. The standard InChI is InChI=1S/C14H17BrFN3/c1-3-19-14(6-9(2)18-19)13(17)8-10-7-11(15)4-5-12(10)16/h4-7,13H,3,8,17H2,1-2H3. The third kappa shape index (κ3) is 3.22. The molecule has 2 N–H and O–H groups in total. The molecule has 0 fully saturated rings. The van der Waals surface area contributed by atoms with Crippen molar-refractivity contribution in [3.63, 3.8) is 0 Å². The van der Waals surface area contributed by atoms with Crippen LogP contribution >= 0.6 is 15.9 Å². The smallest absolute Gasteiger partial charge is 0.126 e. The van der Waals surface area contributed by atoms with Crippen molar-refractivity contribution >= 4 is 15.9 Å². The van der Waals surface area contributed by atoms with E-state index in [1.165, 1.54) is 6.07 Å². The normalized spacial score (nSPS) is 12.7. The molecule has 0 bridgehead atoms. The van der Waals surface area contributed by atoms with Gasteiger partial charge < -0.3 is 5.73 Å². The molecule has 102 valence electrons. The van der Waals surface area contributed by atoms with Crippen molar-refractivity contribution in [2.45, 2.75) is 32.9 Å². The highest BCUT2D eigenvalue weighted by Crippen LogP contribution is 2.22. The SMILES string of the molecule is CCn1nc(C)cc1C(N)Cc1cc(Br)ccc1F. The lowest BCUT2D eigenvalue weighted by Gasteiger charge is -2.14. The summed E-state index contributed by atoms with van der Waals surface area (Å²) in [4.78, 5) is 0. The first-order valence-electron chi connectivity index (χ1n) is 6.25. The second-order valence-electron chi connectivity index (χ2n) is 4.57. The summed E-state index contributed by atoms with van der Waals surface area (Å²) in [5, 5.41) is 4.37. The molecule has 0 amide bonds. The number of benzene rings is 1.